The number of amides is 1. The zero-order valence-electron chi connectivity index (χ0n) is 9.03. The minimum Gasteiger partial charge on any atom is -0.338 e. The molecule has 4 nitrogen and oxygen atoms in total. The smallest absolute Gasteiger partial charge is 0.259 e. The van der Waals surface area contributed by atoms with Gasteiger partial charge in [-0.3, -0.25) is 4.79 Å². The Hall–Kier alpha value is -0.870. The van der Waals surface area contributed by atoms with Crippen LogP contribution in [0.4, 0.5) is 0 Å². The Bertz CT molecular complexity index is 348. The maximum atomic E-state index is 12.0. The molecule has 3 rings (SSSR count). The molecule has 3 aliphatic rings. The third-order valence-corrected chi connectivity index (χ3v) is 3.15. The normalized spacial score (nSPS) is 37.6. The van der Waals surface area contributed by atoms with Crippen LogP contribution in [0.5, 0.6) is 0 Å². The van der Waals surface area contributed by atoms with Crippen LogP contribution in [0.3, 0.4) is 0 Å². The van der Waals surface area contributed by atoms with Crippen molar-refractivity contribution in [2.45, 2.75) is 44.7 Å². The van der Waals surface area contributed by atoms with Gasteiger partial charge in [0.05, 0.1) is 0 Å². The Morgan fingerprint density at radius 3 is 2.93 bits per heavy atom. The minimum atomic E-state index is -0.630. The van der Waals surface area contributed by atoms with Gasteiger partial charge in [-0.15, -0.1) is 0 Å². The lowest BCUT2D eigenvalue weighted by Gasteiger charge is -2.26. The number of fused-ring (bicyclic) bond motifs is 3. The van der Waals surface area contributed by atoms with Gasteiger partial charge in [-0.25, -0.2) is 0 Å². The molecule has 0 aliphatic carbocycles. The minimum absolute atomic E-state index is 0.0662. The molecule has 0 N–H and O–H groups in total. The number of nitrogens with zero attached hydrogens (tertiary/aromatic N) is 1. The standard InChI is InChI=1S/C11H15NO3/c1-11(2)14-8-7-5-3-4-6-12(7)10(13)9(8)15-11/h5,8-9H,3-4,6H2,1-2H3/t8-,9-/m0/s1. The third kappa shape index (κ3) is 1.25. The summed E-state index contributed by atoms with van der Waals surface area (Å²) in [6.07, 6.45) is 3.60. The highest BCUT2D eigenvalue weighted by molar-refractivity contribution is 5.88. The molecule has 0 radical (unpaired) electrons. The highest BCUT2D eigenvalue weighted by Gasteiger charge is 2.55. The second kappa shape index (κ2) is 2.83. The van der Waals surface area contributed by atoms with Gasteiger partial charge < -0.3 is 14.4 Å². The SMILES string of the molecule is CC1(C)O[C@@H]2C(=O)N3CCCC=C3[C@@H]2O1. The lowest BCUT2D eigenvalue weighted by Crippen LogP contribution is -2.35. The molecule has 3 heterocycles. The van der Waals surface area contributed by atoms with Gasteiger partial charge in [0, 0.05) is 12.2 Å². The molecule has 4 heteroatoms. The molecule has 0 aromatic rings. The molecule has 0 saturated carbocycles. The highest BCUT2D eigenvalue weighted by Crippen LogP contribution is 2.40. The van der Waals surface area contributed by atoms with Crippen molar-refractivity contribution < 1.29 is 14.3 Å². The van der Waals surface area contributed by atoms with Gasteiger partial charge in [-0.1, -0.05) is 6.08 Å². The average molecular weight is 209 g/mol. The Morgan fingerprint density at radius 1 is 1.40 bits per heavy atom. The van der Waals surface area contributed by atoms with Gasteiger partial charge in [0.1, 0.15) is 6.10 Å². The molecule has 0 spiro atoms. The van der Waals surface area contributed by atoms with E-state index in [1.807, 2.05) is 18.7 Å². The molecule has 2 atom stereocenters. The van der Waals surface area contributed by atoms with E-state index in [1.54, 1.807) is 0 Å². The number of ether oxygens (including phenoxy) is 2. The van der Waals surface area contributed by atoms with Gasteiger partial charge in [-0.2, -0.15) is 0 Å². The lowest BCUT2D eigenvalue weighted by molar-refractivity contribution is -0.165. The van der Waals surface area contributed by atoms with E-state index in [1.165, 1.54) is 0 Å². The molecular formula is C11H15NO3. The number of rotatable bonds is 0. The molecule has 0 aromatic heterocycles. The van der Waals surface area contributed by atoms with Crippen molar-refractivity contribution in [3.8, 4) is 0 Å². The van der Waals surface area contributed by atoms with Crippen LogP contribution in [0.15, 0.2) is 11.8 Å². The molecule has 0 bridgehead atoms. The second-order valence-electron chi connectivity index (χ2n) is 4.74. The van der Waals surface area contributed by atoms with Gasteiger partial charge in [0.15, 0.2) is 11.9 Å². The summed E-state index contributed by atoms with van der Waals surface area (Å²) in [6, 6.07) is 0. The number of carbonyl (C=O) groups excluding carboxylic acids is 1. The van der Waals surface area contributed by atoms with Crippen molar-refractivity contribution in [3.63, 3.8) is 0 Å². The summed E-state index contributed by atoms with van der Waals surface area (Å²) in [5, 5.41) is 0. The maximum absolute atomic E-state index is 12.0. The monoisotopic (exact) mass is 209 g/mol. The number of carbonyl (C=O) groups is 1. The van der Waals surface area contributed by atoms with Crippen LogP contribution in [-0.4, -0.2) is 35.3 Å². The van der Waals surface area contributed by atoms with Crippen LogP contribution in [0.2, 0.25) is 0 Å². The summed E-state index contributed by atoms with van der Waals surface area (Å²) in [7, 11) is 0. The van der Waals surface area contributed by atoms with Crippen molar-refractivity contribution in [2.24, 2.45) is 0 Å². The fourth-order valence-corrected chi connectivity index (χ4v) is 2.56. The number of hydrogen-bond acceptors (Lipinski definition) is 3. The fourth-order valence-electron chi connectivity index (χ4n) is 2.56. The summed E-state index contributed by atoms with van der Waals surface area (Å²) >= 11 is 0. The largest absolute Gasteiger partial charge is 0.338 e. The zero-order chi connectivity index (χ0) is 10.6. The molecule has 15 heavy (non-hydrogen) atoms. The van der Waals surface area contributed by atoms with Crippen molar-refractivity contribution in [2.75, 3.05) is 6.54 Å². The molecule has 3 aliphatic heterocycles. The van der Waals surface area contributed by atoms with Gasteiger partial charge in [0.25, 0.3) is 5.91 Å². The molecule has 2 saturated heterocycles. The first-order valence-electron chi connectivity index (χ1n) is 5.45. The Balaban J connectivity index is 1.96. The average Bonchev–Trinajstić information content (AvgIpc) is 2.63. The quantitative estimate of drug-likeness (QED) is 0.598. The van der Waals surface area contributed by atoms with E-state index in [4.69, 9.17) is 9.47 Å². The van der Waals surface area contributed by atoms with Crippen LogP contribution in [0, 0.1) is 0 Å². The van der Waals surface area contributed by atoms with E-state index >= 15 is 0 Å². The first-order chi connectivity index (χ1) is 7.08. The van der Waals surface area contributed by atoms with E-state index < -0.39 is 11.9 Å². The van der Waals surface area contributed by atoms with E-state index in [9.17, 15) is 4.79 Å². The second-order valence-corrected chi connectivity index (χ2v) is 4.74. The number of hydrogen-bond donors (Lipinski definition) is 0. The molecular weight excluding hydrogens is 194 g/mol. The van der Waals surface area contributed by atoms with Crippen molar-refractivity contribution in [1.29, 1.82) is 0 Å². The zero-order valence-corrected chi connectivity index (χ0v) is 9.03. The van der Waals surface area contributed by atoms with E-state index in [0.29, 0.717) is 0 Å². The van der Waals surface area contributed by atoms with Crippen LogP contribution in [-0.2, 0) is 14.3 Å². The van der Waals surface area contributed by atoms with Crippen molar-refractivity contribution in [3.05, 3.63) is 11.8 Å². The van der Waals surface area contributed by atoms with Crippen molar-refractivity contribution >= 4 is 5.91 Å². The van der Waals surface area contributed by atoms with Gasteiger partial charge in [-0.05, 0) is 26.7 Å². The Morgan fingerprint density at radius 2 is 2.13 bits per heavy atom. The predicted molar refractivity (Wildman–Crippen MR) is 52.9 cm³/mol. The molecule has 0 unspecified atom stereocenters. The topological polar surface area (TPSA) is 38.8 Å². The highest BCUT2D eigenvalue weighted by atomic mass is 16.8. The van der Waals surface area contributed by atoms with Crippen LogP contribution in [0.1, 0.15) is 26.7 Å². The van der Waals surface area contributed by atoms with Crippen LogP contribution >= 0.6 is 0 Å². The van der Waals surface area contributed by atoms with Gasteiger partial charge >= 0.3 is 0 Å². The summed E-state index contributed by atoms with van der Waals surface area (Å²) in [5.41, 5.74) is 1.02. The van der Waals surface area contributed by atoms with Crippen molar-refractivity contribution in [1.82, 2.24) is 4.90 Å². The summed E-state index contributed by atoms with van der Waals surface area (Å²) in [5.74, 6) is -0.563. The molecule has 0 aromatic carbocycles. The summed E-state index contributed by atoms with van der Waals surface area (Å²) < 4.78 is 11.4. The Kier molecular flexibility index (Phi) is 1.77. The first-order valence-corrected chi connectivity index (χ1v) is 5.45. The third-order valence-electron chi connectivity index (χ3n) is 3.15. The Labute approximate surface area is 88.8 Å². The van der Waals surface area contributed by atoms with Crippen LogP contribution < -0.4 is 0 Å². The molecule has 1 amide bonds. The summed E-state index contributed by atoms with van der Waals surface area (Å²) in [4.78, 5) is 13.8. The van der Waals surface area contributed by atoms with Gasteiger partial charge in [0.2, 0.25) is 0 Å². The molecule has 2 fully saturated rings. The maximum Gasteiger partial charge on any atom is 0.259 e. The lowest BCUT2D eigenvalue weighted by atomic mass is 10.1. The molecule has 82 valence electrons. The predicted octanol–water partition coefficient (Wildman–Crippen LogP) is 1.03. The summed E-state index contributed by atoms with van der Waals surface area (Å²) in [6.45, 7) is 4.52. The number of allylic oxidation sites excluding steroid dienone is 1. The van der Waals surface area contributed by atoms with E-state index in [-0.39, 0.29) is 12.0 Å². The van der Waals surface area contributed by atoms with E-state index in [0.717, 1.165) is 25.1 Å². The van der Waals surface area contributed by atoms with Crippen LogP contribution in [0.25, 0.3) is 0 Å². The first kappa shape index (κ1) is 9.36. The fraction of sp³-hybridized carbons (Fsp3) is 0.727. The van der Waals surface area contributed by atoms with E-state index in [2.05, 4.69) is 6.08 Å².